The van der Waals surface area contributed by atoms with Crippen LogP contribution in [0.5, 0.6) is 0 Å². The molecule has 1 aromatic heterocycles. The summed E-state index contributed by atoms with van der Waals surface area (Å²) >= 11 is 12.2. The number of ether oxygens (including phenoxy) is 1. The first kappa shape index (κ1) is 22.7. The number of carbonyl (C=O) groups is 1. The number of fused-ring (bicyclic) bond motifs is 1. The second kappa shape index (κ2) is 9.65. The van der Waals surface area contributed by atoms with Crippen molar-refractivity contribution in [1.29, 1.82) is 0 Å². The number of anilines is 2. The number of rotatable bonds is 3. The third-order valence-electron chi connectivity index (χ3n) is 6.86. The molecule has 3 aliphatic rings. The fourth-order valence-corrected chi connectivity index (χ4v) is 5.05. The highest BCUT2D eigenvalue weighted by Crippen LogP contribution is 2.33. The minimum atomic E-state index is -0.0466. The van der Waals surface area contributed by atoms with Crippen molar-refractivity contribution in [1.82, 2.24) is 14.9 Å². The van der Waals surface area contributed by atoms with Gasteiger partial charge in [0.1, 0.15) is 5.82 Å². The van der Waals surface area contributed by atoms with Gasteiger partial charge in [-0.2, -0.15) is 4.98 Å². The first-order valence-electron chi connectivity index (χ1n) is 11.7. The summed E-state index contributed by atoms with van der Waals surface area (Å²) in [5.41, 5.74) is 2.67. The third-order valence-corrected chi connectivity index (χ3v) is 7.60. The van der Waals surface area contributed by atoms with E-state index in [0.29, 0.717) is 48.3 Å². The lowest BCUT2D eigenvalue weighted by Gasteiger charge is -2.37. The highest BCUT2D eigenvalue weighted by atomic mass is 35.5. The lowest BCUT2D eigenvalue weighted by Crippen LogP contribution is -2.42. The van der Waals surface area contributed by atoms with Crippen molar-refractivity contribution >= 4 is 40.9 Å². The molecular weight excluding hydrogens is 461 g/mol. The molecule has 2 fully saturated rings. The number of carbonyl (C=O) groups excluding carboxylic acids is 1. The number of nitrogens with zero attached hydrogens (tertiary/aromatic N) is 5. The van der Waals surface area contributed by atoms with E-state index in [1.54, 1.807) is 18.2 Å². The monoisotopic (exact) mass is 489 g/mol. The second-order valence-electron chi connectivity index (χ2n) is 9.15. The van der Waals surface area contributed by atoms with Gasteiger partial charge in [-0.25, -0.2) is 4.98 Å². The van der Waals surface area contributed by atoms with Crippen LogP contribution >= 0.6 is 23.2 Å². The average Bonchev–Trinajstić information content (AvgIpc) is 2.85. The van der Waals surface area contributed by atoms with Crippen molar-refractivity contribution in [2.75, 3.05) is 55.7 Å². The van der Waals surface area contributed by atoms with Gasteiger partial charge in [0.05, 0.1) is 35.5 Å². The number of aromatic nitrogens is 2. The van der Waals surface area contributed by atoms with E-state index in [2.05, 4.69) is 16.7 Å². The molecule has 2 saturated heterocycles. The minimum absolute atomic E-state index is 0.0466. The molecule has 0 saturated carbocycles. The maximum Gasteiger partial charge on any atom is 0.254 e. The van der Waals surface area contributed by atoms with Crippen LogP contribution in [0, 0.1) is 5.92 Å². The highest BCUT2D eigenvalue weighted by Gasteiger charge is 2.30. The summed E-state index contributed by atoms with van der Waals surface area (Å²) in [7, 11) is 0. The van der Waals surface area contributed by atoms with Crippen LogP contribution in [-0.4, -0.2) is 66.7 Å². The van der Waals surface area contributed by atoms with Crippen LogP contribution in [-0.2, 0) is 17.7 Å². The van der Waals surface area contributed by atoms with E-state index in [0.717, 1.165) is 68.0 Å². The zero-order chi connectivity index (χ0) is 22.9. The van der Waals surface area contributed by atoms with Crippen molar-refractivity contribution in [2.45, 2.75) is 32.7 Å². The van der Waals surface area contributed by atoms with Gasteiger partial charge in [0.25, 0.3) is 5.91 Å². The largest absolute Gasteiger partial charge is 0.378 e. The smallest absolute Gasteiger partial charge is 0.254 e. The maximum atomic E-state index is 13.3. The molecule has 176 valence electrons. The molecule has 1 aromatic carbocycles. The molecule has 0 bridgehead atoms. The summed E-state index contributed by atoms with van der Waals surface area (Å²) in [6.45, 7) is 8.38. The van der Waals surface area contributed by atoms with E-state index in [1.165, 1.54) is 0 Å². The Kier molecular flexibility index (Phi) is 6.63. The fourth-order valence-electron chi connectivity index (χ4n) is 4.76. The van der Waals surface area contributed by atoms with Crippen LogP contribution < -0.4 is 9.80 Å². The first-order valence-corrected chi connectivity index (χ1v) is 12.5. The van der Waals surface area contributed by atoms with Crippen LogP contribution in [0.2, 0.25) is 10.0 Å². The SMILES string of the molecule is CC1CCN(c2nc(N3CCOCC3)nc3c2CN(C(=O)c2ccc(Cl)c(Cl)c2)CC3)CC1. The number of benzene rings is 1. The number of morpholine rings is 1. The van der Waals surface area contributed by atoms with Crippen LogP contribution in [0.4, 0.5) is 11.8 Å². The fraction of sp³-hybridized carbons (Fsp3) is 0.542. The van der Waals surface area contributed by atoms with Crippen LogP contribution in [0.15, 0.2) is 18.2 Å². The molecule has 7 nitrogen and oxygen atoms in total. The van der Waals surface area contributed by atoms with E-state index in [-0.39, 0.29) is 5.91 Å². The zero-order valence-corrected chi connectivity index (χ0v) is 20.4. The Hall–Kier alpha value is -2.09. The minimum Gasteiger partial charge on any atom is -0.378 e. The summed E-state index contributed by atoms with van der Waals surface area (Å²) in [6, 6.07) is 5.05. The van der Waals surface area contributed by atoms with Crippen molar-refractivity contribution in [3.63, 3.8) is 0 Å². The molecule has 9 heteroatoms. The quantitative estimate of drug-likeness (QED) is 0.647. The molecule has 0 atom stereocenters. The summed E-state index contributed by atoms with van der Waals surface area (Å²) in [5, 5.41) is 0.837. The number of hydrogen-bond acceptors (Lipinski definition) is 6. The predicted octanol–water partition coefficient (Wildman–Crippen LogP) is 4.05. The Bertz CT molecular complexity index is 1040. The normalized spacial score (nSPS) is 19.5. The van der Waals surface area contributed by atoms with Crippen molar-refractivity contribution in [2.24, 2.45) is 5.92 Å². The topological polar surface area (TPSA) is 61.8 Å². The second-order valence-corrected chi connectivity index (χ2v) is 9.96. The Balaban J connectivity index is 1.46. The molecule has 2 aromatic rings. The lowest BCUT2D eigenvalue weighted by atomic mass is 9.98. The molecule has 33 heavy (non-hydrogen) atoms. The van der Waals surface area contributed by atoms with Gasteiger partial charge in [0.15, 0.2) is 0 Å². The molecule has 3 aliphatic heterocycles. The van der Waals surface area contributed by atoms with E-state index in [1.807, 2.05) is 4.90 Å². The van der Waals surface area contributed by atoms with E-state index in [4.69, 9.17) is 37.9 Å². The van der Waals surface area contributed by atoms with Gasteiger partial charge in [-0.3, -0.25) is 4.79 Å². The van der Waals surface area contributed by atoms with E-state index >= 15 is 0 Å². The number of halogens is 2. The van der Waals surface area contributed by atoms with Gasteiger partial charge < -0.3 is 19.4 Å². The van der Waals surface area contributed by atoms with Crippen molar-refractivity contribution in [3.8, 4) is 0 Å². The Morgan fingerprint density at radius 1 is 1.00 bits per heavy atom. The van der Waals surface area contributed by atoms with Crippen LogP contribution in [0.3, 0.4) is 0 Å². The Labute approximate surface area is 204 Å². The van der Waals surface area contributed by atoms with Crippen LogP contribution in [0.25, 0.3) is 0 Å². The van der Waals surface area contributed by atoms with Gasteiger partial charge in [-0.15, -0.1) is 0 Å². The molecule has 0 radical (unpaired) electrons. The van der Waals surface area contributed by atoms with Crippen molar-refractivity contribution in [3.05, 3.63) is 45.1 Å². The lowest BCUT2D eigenvalue weighted by molar-refractivity contribution is 0.0733. The van der Waals surface area contributed by atoms with Gasteiger partial charge in [0.2, 0.25) is 5.95 Å². The molecule has 4 heterocycles. The number of amides is 1. The third kappa shape index (κ3) is 4.77. The molecule has 0 N–H and O–H groups in total. The Morgan fingerprint density at radius 2 is 1.76 bits per heavy atom. The zero-order valence-electron chi connectivity index (χ0n) is 18.9. The molecular formula is C24H29Cl2N5O2. The van der Waals surface area contributed by atoms with Gasteiger partial charge >= 0.3 is 0 Å². The summed E-state index contributed by atoms with van der Waals surface area (Å²) in [5.74, 6) is 2.45. The summed E-state index contributed by atoms with van der Waals surface area (Å²) in [6.07, 6.45) is 3.01. The van der Waals surface area contributed by atoms with Gasteiger partial charge in [-0.05, 0) is 37.0 Å². The van der Waals surface area contributed by atoms with Crippen LogP contribution in [0.1, 0.15) is 41.4 Å². The molecule has 5 rings (SSSR count). The maximum absolute atomic E-state index is 13.3. The molecule has 0 aliphatic carbocycles. The van der Waals surface area contributed by atoms with Gasteiger partial charge in [-0.1, -0.05) is 30.1 Å². The summed E-state index contributed by atoms with van der Waals surface area (Å²) in [4.78, 5) is 29.8. The molecule has 0 spiro atoms. The molecule has 0 unspecified atom stereocenters. The highest BCUT2D eigenvalue weighted by molar-refractivity contribution is 6.42. The standard InChI is InChI=1S/C24H29Cl2N5O2/c1-16-4-7-29(8-5-16)22-18-15-31(23(32)17-2-3-19(25)20(26)14-17)9-6-21(18)27-24(28-22)30-10-12-33-13-11-30/h2-3,14,16H,4-13,15H2,1H3. The number of hydrogen-bond donors (Lipinski definition) is 0. The summed E-state index contributed by atoms with van der Waals surface area (Å²) < 4.78 is 5.52. The molecule has 1 amide bonds. The van der Waals surface area contributed by atoms with Crippen molar-refractivity contribution < 1.29 is 9.53 Å². The Morgan fingerprint density at radius 3 is 2.48 bits per heavy atom. The predicted molar refractivity (Wildman–Crippen MR) is 131 cm³/mol. The number of piperidine rings is 1. The van der Waals surface area contributed by atoms with E-state index in [9.17, 15) is 4.79 Å². The first-order chi connectivity index (χ1) is 16.0. The average molecular weight is 490 g/mol. The van der Waals surface area contributed by atoms with Gasteiger partial charge in [0, 0.05) is 50.3 Å². The van der Waals surface area contributed by atoms with E-state index < -0.39 is 0 Å².